The van der Waals surface area contributed by atoms with Gasteiger partial charge in [-0.15, -0.1) is 0 Å². The van der Waals surface area contributed by atoms with Gasteiger partial charge < -0.3 is 0 Å². The van der Waals surface area contributed by atoms with E-state index in [-0.39, 0.29) is 0 Å². The molecule has 0 N–H and O–H groups in total. The maximum Gasteiger partial charge on any atom is -0.0298 e. The van der Waals surface area contributed by atoms with Crippen LogP contribution in [0.1, 0.15) is 195 Å². The first-order valence-corrected chi connectivity index (χ1v) is 19.0. The molecule has 0 spiro atoms. The Morgan fingerprint density at radius 1 is 0.537 bits per heavy atom. The first kappa shape index (κ1) is 41.0. The maximum absolute atomic E-state index is 2.60. The summed E-state index contributed by atoms with van der Waals surface area (Å²) < 4.78 is 0. The zero-order valence-electron chi connectivity index (χ0n) is 32.2. The molecule has 41 heavy (non-hydrogen) atoms. The van der Waals surface area contributed by atoms with E-state index in [9.17, 15) is 0 Å². The molecular formula is C41H84. The van der Waals surface area contributed by atoms with Crippen molar-refractivity contribution in [2.24, 2.45) is 69.5 Å². The molecule has 0 heterocycles. The van der Waals surface area contributed by atoms with Crippen molar-refractivity contribution in [1.82, 2.24) is 0 Å². The van der Waals surface area contributed by atoms with Gasteiger partial charge in [0.05, 0.1) is 0 Å². The third-order valence-corrected chi connectivity index (χ3v) is 11.9. The summed E-state index contributed by atoms with van der Waals surface area (Å²) in [5.74, 6) is 8.43. The summed E-state index contributed by atoms with van der Waals surface area (Å²) in [6, 6.07) is 0. The van der Waals surface area contributed by atoms with Gasteiger partial charge in [-0.3, -0.25) is 0 Å². The molecule has 0 amide bonds. The molecular weight excluding hydrogens is 492 g/mol. The Hall–Kier alpha value is 0. The Bertz CT molecular complexity index is 603. The molecule has 0 bridgehead atoms. The lowest BCUT2D eigenvalue weighted by Gasteiger charge is -2.49. The van der Waals surface area contributed by atoms with E-state index in [4.69, 9.17) is 0 Å². The summed E-state index contributed by atoms with van der Waals surface area (Å²) in [5, 5.41) is 0. The zero-order chi connectivity index (χ0) is 32.2. The zero-order valence-corrected chi connectivity index (χ0v) is 32.2. The predicted octanol–water partition coefficient (Wildman–Crippen LogP) is 14.5. The molecule has 0 aliphatic heterocycles. The lowest BCUT2D eigenvalue weighted by molar-refractivity contribution is 0.0213. The summed E-state index contributed by atoms with van der Waals surface area (Å²) in [5.41, 5.74) is 1.73. The van der Waals surface area contributed by atoms with Gasteiger partial charge in [0, 0.05) is 0 Å². The molecule has 0 heteroatoms. The van der Waals surface area contributed by atoms with Crippen LogP contribution in [0.5, 0.6) is 0 Å². The second-order valence-electron chi connectivity index (χ2n) is 17.7. The highest BCUT2D eigenvalue weighted by molar-refractivity contribution is 4.93. The summed E-state index contributed by atoms with van der Waals surface area (Å²) in [6.45, 7) is 39.9. The molecule has 3 aliphatic rings. The van der Waals surface area contributed by atoms with E-state index >= 15 is 0 Å². The number of hydrogen-bond donors (Lipinski definition) is 0. The Morgan fingerprint density at radius 2 is 0.878 bits per heavy atom. The quantitative estimate of drug-likeness (QED) is 0.283. The van der Waals surface area contributed by atoms with Gasteiger partial charge in [-0.1, -0.05) is 118 Å². The maximum atomic E-state index is 2.60. The van der Waals surface area contributed by atoms with Crippen molar-refractivity contribution in [3.8, 4) is 0 Å². The van der Waals surface area contributed by atoms with Crippen LogP contribution in [-0.2, 0) is 0 Å². The SMILES string of the molecule is CC.CC.CC(C)C1CCC(C(C)(C)C2CCC(C(C)C)CC2)CC1.CC(C)CC1(C)CC(C(C)C)CC(C)(C)C1. The predicted molar refractivity (Wildman–Crippen MR) is 191 cm³/mol. The van der Waals surface area contributed by atoms with Crippen LogP contribution in [-0.4, -0.2) is 0 Å². The molecule has 0 aromatic heterocycles. The molecule has 0 aromatic rings. The Balaban J connectivity index is 0.000000717. The lowest BCUT2D eigenvalue weighted by atomic mass is 9.57. The van der Waals surface area contributed by atoms with Crippen molar-refractivity contribution in [2.75, 3.05) is 0 Å². The average molecular weight is 577 g/mol. The summed E-state index contributed by atoms with van der Waals surface area (Å²) in [6.07, 6.45) is 17.7. The van der Waals surface area contributed by atoms with Gasteiger partial charge >= 0.3 is 0 Å². The van der Waals surface area contributed by atoms with Crippen LogP contribution in [0.2, 0.25) is 0 Å². The van der Waals surface area contributed by atoms with Crippen molar-refractivity contribution in [1.29, 1.82) is 0 Å². The third kappa shape index (κ3) is 13.7. The summed E-state index contributed by atoms with van der Waals surface area (Å²) in [4.78, 5) is 0. The molecule has 0 radical (unpaired) electrons. The standard InChI is InChI=1S/C21H40.C16H32.2C2H6/c1-15(2)17-7-11-19(12-8-17)21(5,6)20-13-9-18(10-14-20)16(3)4;1-12(2)8-16(7)10-14(13(3)4)9-15(5,6)11-16;2*1-2/h15-20H,7-14H2,1-6H3;12-14H,8-11H2,1-7H3;2*1-2H3. The molecule has 3 saturated carbocycles. The van der Waals surface area contributed by atoms with Crippen molar-refractivity contribution in [3.05, 3.63) is 0 Å². The van der Waals surface area contributed by atoms with Gasteiger partial charge in [0.2, 0.25) is 0 Å². The Labute approximate surface area is 263 Å². The normalized spacial score (nSPS) is 32.0. The highest BCUT2D eigenvalue weighted by Gasteiger charge is 2.42. The second kappa shape index (κ2) is 18.7. The van der Waals surface area contributed by atoms with Gasteiger partial charge in [-0.25, -0.2) is 0 Å². The summed E-state index contributed by atoms with van der Waals surface area (Å²) >= 11 is 0. The molecule has 3 fully saturated rings. The van der Waals surface area contributed by atoms with Crippen LogP contribution in [0.15, 0.2) is 0 Å². The van der Waals surface area contributed by atoms with Gasteiger partial charge in [-0.2, -0.15) is 0 Å². The van der Waals surface area contributed by atoms with Crippen molar-refractivity contribution >= 4 is 0 Å². The second-order valence-corrected chi connectivity index (χ2v) is 17.7. The molecule has 0 saturated heterocycles. The molecule has 0 aromatic carbocycles. The van der Waals surface area contributed by atoms with E-state index in [0.29, 0.717) is 16.2 Å². The molecule has 0 nitrogen and oxygen atoms in total. The minimum absolute atomic E-state index is 0.552. The largest absolute Gasteiger partial charge is 0.0683 e. The van der Waals surface area contributed by atoms with E-state index in [1.54, 1.807) is 0 Å². The Morgan fingerprint density at radius 3 is 1.17 bits per heavy atom. The van der Waals surface area contributed by atoms with E-state index in [2.05, 4.69) is 90.0 Å². The Kier molecular flexibility index (Phi) is 18.7. The van der Waals surface area contributed by atoms with Crippen molar-refractivity contribution in [3.63, 3.8) is 0 Å². The molecule has 3 aliphatic carbocycles. The minimum atomic E-state index is 0.552. The van der Waals surface area contributed by atoms with Gasteiger partial charge in [0.25, 0.3) is 0 Å². The first-order valence-electron chi connectivity index (χ1n) is 19.0. The van der Waals surface area contributed by atoms with Crippen LogP contribution in [0.3, 0.4) is 0 Å². The topological polar surface area (TPSA) is 0 Å². The monoisotopic (exact) mass is 577 g/mol. The highest BCUT2D eigenvalue weighted by atomic mass is 14.5. The van der Waals surface area contributed by atoms with E-state index < -0.39 is 0 Å². The van der Waals surface area contributed by atoms with Crippen LogP contribution >= 0.6 is 0 Å². The van der Waals surface area contributed by atoms with Gasteiger partial charge in [-0.05, 0) is 147 Å². The van der Waals surface area contributed by atoms with E-state index in [0.717, 1.165) is 53.3 Å². The van der Waals surface area contributed by atoms with E-state index in [1.165, 1.54) is 77.0 Å². The first-order chi connectivity index (χ1) is 19.0. The van der Waals surface area contributed by atoms with Crippen LogP contribution in [0.25, 0.3) is 0 Å². The van der Waals surface area contributed by atoms with Crippen molar-refractivity contribution < 1.29 is 0 Å². The fraction of sp³-hybridized carbons (Fsp3) is 1.00. The fourth-order valence-electron chi connectivity index (χ4n) is 9.72. The summed E-state index contributed by atoms with van der Waals surface area (Å²) in [7, 11) is 0. The molecule has 2 atom stereocenters. The molecule has 3 rings (SSSR count). The number of rotatable bonds is 7. The van der Waals surface area contributed by atoms with Gasteiger partial charge in [0.1, 0.15) is 0 Å². The lowest BCUT2D eigenvalue weighted by Crippen LogP contribution is -2.38. The molecule has 2 unspecified atom stereocenters. The van der Waals surface area contributed by atoms with Crippen LogP contribution < -0.4 is 0 Å². The van der Waals surface area contributed by atoms with Crippen LogP contribution in [0, 0.1) is 69.5 Å². The van der Waals surface area contributed by atoms with E-state index in [1.807, 2.05) is 27.7 Å². The average Bonchev–Trinajstić information content (AvgIpc) is 2.89. The van der Waals surface area contributed by atoms with Gasteiger partial charge in [0.15, 0.2) is 0 Å². The smallest absolute Gasteiger partial charge is 0.0298 e. The fourth-order valence-corrected chi connectivity index (χ4v) is 9.72. The minimum Gasteiger partial charge on any atom is -0.0683 e. The van der Waals surface area contributed by atoms with Crippen molar-refractivity contribution in [2.45, 2.75) is 195 Å². The van der Waals surface area contributed by atoms with Crippen LogP contribution in [0.4, 0.5) is 0 Å². The molecule has 248 valence electrons. The number of hydrogen-bond acceptors (Lipinski definition) is 0. The third-order valence-electron chi connectivity index (χ3n) is 11.9. The highest BCUT2D eigenvalue weighted by Crippen LogP contribution is 2.53.